The van der Waals surface area contributed by atoms with Gasteiger partial charge >= 0.3 is 0 Å². The number of hydrogen-bond acceptors (Lipinski definition) is 0. The molecule has 0 saturated carbocycles. The van der Waals surface area contributed by atoms with E-state index in [1.54, 1.807) is 0 Å². The molecular weight excluding hydrogens is 691 g/mol. The molecule has 9 aromatic carbocycles. The van der Waals surface area contributed by atoms with E-state index in [9.17, 15) is 0 Å². The molecule has 0 aliphatic heterocycles. The molecule has 0 aliphatic carbocycles. The van der Waals surface area contributed by atoms with Crippen LogP contribution in [0.5, 0.6) is 0 Å². The van der Waals surface area contributed by atoms with Crippen LogP contribution in [0.4, 0.5) is 0 Å². The Labute approximate surface area is 329 Å². The van der Waals surface area contributed by atoms with Gasteiger partial charge in [-0.05, 0) is 95.1 Å². The van der Waals surface area contributed by atoms with E-state index in [-0.39, 0.29) is 0 Å². The summed E-state index contributed by atoms with van der Waals surface area (Å²) in [5, 5.41) is 7.47. The normalized spacial score (nSPS) is 11.9. The summed E-state index contributed by atoms with van der Waals surface area (Å²) in [5.74, 6) is 0. The van der Waals surface area contributed by atoms with Crippen molar-refractivity contribution in [2.45, 2.75) is 0 Å². The molecule has 0 aliphatic rings. The van der Waals surface area contributed by atoms with Gasteiger partial charge in [-0.3, -0.25) is 0 Å². The maximum Gasteiger partial charge on any atom is 0.0562 e. The molecule has 57 heavy (non-hydrogen) atoms. The highest BCUT2D eigenvalue weighted by molar-refractivity contribution is 6.17. The predicted molar refractivity (Wildman–Crippen MR) is 240 cm³/mol. The van der Waals surface area contributed by atoms with Crippen molar-refractivity contribution in [3.63, 3.8) is 0 Å². The van der Waals surface area contributed by atoms with E-state index in [0.717, 1.165) is 11.4 Å². The van der Waals surface area contributed by atoms with E-state index >= 15 is 0 Å². The number of fused-ring (bicyclic) bond motifs is 9. The standard InChI is InChI=1S/C54H35N3/c1-2-15-36(16-3-1)37-17-12-18-38(33-37)39-19-13-20-40(34-39)55-47-25-8-6-23-44(47)46-35-41(31-32-51(46)55)56-50-28-11-7-24-45(50)54-52(56)29-14-30-53(54)57-48-26-9-4-21-42(48)43-22-5-10-27-49(43)57/h1-35H. The van der Waals surface area contributed by atoms with Gasteiger partial charge in [0, 0.05) is 43.7 Å². The lowest BCUT2D eigenvalue weighted by Gasteiger charge is -2.13. The van der Waals surface area contributed by atoms with Gasteiger partial charge in [-0.2, -0.15) is 0 Å². The number of aromatic nitrogens is 3. The molecule has 0 unspecified atom stereocenters. The number of para-hydroxylation sites is 4. The molecule has 0 bridgehead atoms. The third-order valence-electron chi connectivity index (χ3n) is 11.8. The highest BCUT2D eigenvalue weighted by Crippen LogP contribution is 2.41. The average molecular weight is 726 g/mol. The lowest BCUT2D eigenvalue weighted by atomic mass is 9.99. The third-order valence-corrected chi connectivity index (χ3v) is 11.8. The van der Waals surface area contributed by atoms with Gasteiger partial charge in [0.05, 0.1) is 38.8 Å². The van der Waals surface area contributed by atoms with E-state index in [1.165, 1.54) is 93.4 Å². The molecule has 0 amide bonds. The van der Waals surface area contributed by atoms with Gasteiger partial charge < -0.3 is 13.7 Å². The minimum absolute atomic E-state index is 1.14. The molecule has 266 valence electrons. The molecule has 0 saturated heterocycles. The second-order valence-electron chi connectivity index (χ2n) is 14.9. The molecule has 3 nitrogen and oxygen atoms in total. The number of hydrogen-bond donors (Lipinski definition) is 0. The molecule has 0 N–H and O–H groups in total. The predicted octanol–water partition coefficient (Wildman–Crippen LogP) is 14.3. The fourth-order valence-corrected chi connectivity index (χ4v) is 9.36. The number of benzene rings is 9. The van der Waals surface area contributed by atoms with Crippen molar-refractivity contribution in [1.82, 2.24) is 13.7 Å². The van der Waals surface area contributed by atoms with Gasteiger partial charge in [0.2, 0.25) is 0 Å². The number of rotatable bonds is 5. The molecule has 0 fully saturated rings. The lowest BCUT2D eigenvalue weighted by Crippen LogP contribution is -1.97. The molecule has 3 aromatic heterocycles. The Kier molecular flexibility index (Phi) is 6.93. The first-order valence-electron chi connectivity index (χ1n) is 19.6. The Balaban J connectivity index is 1.05. The van der Waals surface area contributed by atoms with Crippen LogP contribution in [0, 0.1) is 0 Å². The Morgan fingerprint density at radius 3 is 1.37 bits per heavy atom. The Hall–Kier alpha value is -7.62. The van der Waals surface area contributed by atoms with E-state index in [0.29, 0.717) is 0 Å². The summed E-state index contributed by atoms with van der Waals surface area (Å²) in [6.07, 6.45) is 0. The van der Waals surface area contributed by atoms with Gasteiger partial charge in [0.1, 0.15) is 0 Å². The Morgan fingerprint density at radius 1 is 0.228 bits per heavy atom. The average Bonchev–Trinajstić information content (AvgIpc) is 3.92. The monoisotopic (exact) mass is 725 g/mol. The van der Waals surface area contributed by atoms with Crippen molar-refractivity contribution in [2.75, 3.05) is 0 Å². The SMILES string of the molecule is c1ccc(-c2cccc(-c3cccc(-n4c5ccccc5c5cc(-n6c7ccccc7c7c(-n8c9ccccc9c9ccccc98)cccc76)ccc54)c3)c2)cc1. The van der Waals surface area contributed by atoms with E-state index in [4.69, 9.17) is 0 Å². The Morgan fingerprint density at radius 2 is 0.667 bits per heavy atom. The summed E-state index contributed by atoms with van der Waals surface area (Å²) >= 11 is 0. The van der Waals surface area contributed by atoms with Gasteiger partial charge in [-0.1, -0.05) is 140 Å². The molecule has 0 atom stereocenters. The van der Waals surface area contributed by atoms with Crippen molar-refractivity contribution in [3.8, 4) is 39.3 Å². The van der Waals surface area contributed by atoms with Gasteiger partial charge in [0.25, 0.3) is 0 Å². The third kappa shape index (κ3) is 4.79. The summed E-state index contributed by atoms with van der Waals surface area (Å²) in [6.45, 7) is 0. The topological polar surface area (TPSA) is 14.8 Å². The van der Waals surface area contributed by atoms with Crippen LogP contribution in [0.1, 0.15) is 0 Å². The lowest BCUT2D eigenvalue weighted by molar-refractivity contribution is 1.16. The molecule has 12 aromatic rings. The van der Waals surface area contributed by atoms with Crippen LogP contribution in [0.2, 0.25) is 0 Å². The minimum Gasteiger partial charge on any atom is -0.309 e. The highest BCUT2D eigenvalue weighted by atomic mass is 15.0. The summed E-state index contributed by atoms with van der Waals surface area (Å²) in [4.78, 5) is 0. The summed E-state index contributed by atoms with van der Waals surface area (Å²) in [7, 11) is 0. The maximum absolute atomic E-state index is 2.45. The fraction of sp³-hybridized carbons (Fsp3) is 0. The van der Waals surface area contributed by atoms with Crippen LogP contribution < -0.4 is 0 Å². The van der Waals surface area contributed by atoms with E-state index < -0.39 is 0 Å². The van der Waals surface area contributed by atoms with Gasteiger partial charge in [-0.25, -0.2) is 0 Å². The first-order chi connectivity index (χ1) is 28.3. The zero-order valence-electron chi connectivity index (χ0n) is 31.0. The quantitative estimate of drug-likeness (QED) is 0.168. The van der Waals surface area contributed by atoms with Crippen molar-refractivity contribution >= 4 is 65.4 Å². The van der Waals surface area contributed by atoms with Crippen molar-refractivity contribution in [1.29, 1.82) is 0 Å². The highest BCUT2D eigenvalue weighted by Gasteiger charge is 2.20. The molecule has 0 spiro atoms. The van der Waals surface area contributed by atoms with E-state index in [2.05, 4.69) is 226 Å². The first-order valence-corrected chi connectivity index (χ1v) is 19.6. The maximum atomic E-state index is 2.45. The first kappa shape index (κ1) is 31.7. The molecule has 3 heterocycles. The zero-order chi connectivity index (χ0) is 37.5. The van der Waals surface area contributed by atoms with Crippen LogP contribution in [0.25, 0.3) is 105 Å². The van der Waals surface area contributed by atoms with Gasteiger partial charge in [0.15, 0.2) is 0 Å². The van der Waals surface area contributed by atoms with E-state index in [1.807, 2.05) is 0 Å². The minimum atomic E-state index is 1.14. The number of nitrogens with zero attached hydrogens (tertiary/aromatic N) is 3. The second-order valence-corrected chi connectivity index (χ2v) is 14.9. The molecular formula is C54H35N3. The largest absolute Gasteiger partial charge is 0.309 e. The van der Waals surface area contributed by atoms with Crippen LogP contribution >= 0.6 is 0 Å². The zero-order valence-corrected chi connectivity index (χ0v) is 31.0. The summed E-state index contributed by atoms with van der Waals surface area (Å²) in [5.41, 5.74) is 15.5. The smallest absolute Gasteiger partial charge is 0.0562 e. The van der Waals surface area contributed by atoms with Crippen LogP contribution in [0.3, 0.4) is 0 Å². The summed E-state index contributed by atoms with van der Waals surface area (Å²) in [6, 6.07) is 77.4. The van der Waals surface area contributed by atoms with Crippen molar-refractivity contribution < 1.29 is 0 Å². The van der Waals surface area contributed by atoms with Crippen molar-refractivity contribution in [2.24, 2.45) is 0 Å². The second kappa shape index (κ2) is 12.5. The molecule has 12 rings (SSSR count). The van der Waals surface area contributed by atoms with Crippen LogP contribution in [-0.4, -0.2) is 13.7 Å². The van der Waals surface area contributed by atoms with Crippen LogP contribution in [-0.2, 0) is 0 Å². The molecule has 3 heteroatoms. The Bertz CT molecular complexity index is 3470. The van der Waals surface area contributed by atoms with Gasteiger partial charge in [-0.15, -0.1) is 0 Å². The summed E-state index contributed by atoms with van der Waals surface area (Å²) < 4.78 is 7.33. The molecule has 0 radical (unpaired) electrons. The van der Waals surface area contributed by atoms with Crippen molar-refractivity contribution in [3.05, 3.63) is 212 Å². The fourth-order valence-electron chi connectivity index (χ4n) is 9.36. The van der Waals surface area contributed by atoms with Crippen LogP contribution in [0.15, 0.2) is 212 Å².